The highest BCUT2D eigenvalue weighted by Crippen LogP contribution is 2.16. The molecule has 1 aromatic rings. The van der Waals surface area contributed by atoms with E-state index in [0.29, 0.717) is 5.92 Å². The molecule has 0 spiro atoms. The molecule has 1 rings (SSSR count). The van der Waals surface area contributed by atoms with Crippen molar-refractivity contribution in [3.8, 4) is 0 Å². The SMILES string of the molecule is CC(C)C[C@@H](N)c1cccnc1. The molecule has 0 fully saturated rings. The van der Waals surface area contributed by atoms with Gasteiger partial charge in [0.2, 0.25) is 0 Å². The van der Waals surface area contributed by atoms with Crippen LogP contribution < -0.4 is 5.73 Å². The molecule has 1 aromatic heterocycles. The Morgan fingerprint density at radius 3 is 2.75 bits per heavy atom. The van der Waals surface area contributed by atoms with Crippen LogP contribution in [0.3, 0.4) is 0 Å². The Morgan fingerprint density at radius 2 is 2.25 bits per heavy atom. The van der Waals surface area contributed by atoms with Gasteiger partial charge >= 0.3 is 0 Å². The Balaban J connectivity index is 2.59. The molecular weight excluding hydrogens is 148 g/mol. The first-order chi connectivity index (χ1) is 5.70. The van der Waals surface area contributed by atoms with Crippen molar-refractivity contribution in [1.82, 2.24) is 4.98 Å². The molecule has 0 amide bonds. The number of nitrogens with zero attached hydrogens (tertiary/aromatic N) is 1. The van der Waals surface area contributed by atoms with Crippen LogP contribution in [0.15, 0.2) is 24.5 Å². The first kappa shape index (κ1) is 9.20. The number of aromatic nitrogens is 1. The predicted octanol–water partition coefficient (Wildman–Crippen LogP) is 2.13. The van der Waals surface area contributed by atoms with Gasteiger partial charge in [0.25, 0.3) is 0 Å². The van der Waals surface area contributed by atoms with Crippen LogP contribution in [0.2, 0.25) is 0 Å². The molecule has 0 aliphatic heterocycles. The number of hydrogen-bond donors (Lipinski definition) is 1. The van der Waals surface area contributed by atoms with Crippen LogP contribution >= 0.6 is 0 Å². The second-order valence-electron chi connectivity index (χ2n) is 3.52. The van der Waals surface area contributed by atoms with Gasteiger partial charge in [0, 0.05) is 18.4 Å². The second-order valence-corrected chi connectivity index (χ2v) is 3.52. The van der Waals surface area contributed by atoms with Gasteiger partial charge < -0.3 is 5.73 Å². The van der Waals surface area contributed by atoms with Gasteiger partial charge in [-0.1, -0.05) is 19.9 Å². The van der Waals surface area contributed by atoms with Gasteiger partial charge in [0.15, 0.2) is 0 Å². The van der Waals surface area contributed by atoms with Crippen LogP contribution in [-0.2, 0) is 0 Å². The van der Waals surface area contributed by atoms with E-state index in [1.807, 2.05) is 18.3 Å². The van der Waals surface area contributed by atoms with Crippen molar-refractivity contribution in [2.24, 2.45) is 11.7 Å². The molecule has 0 bridgehead atoms. The minimum atomic E-state index is 0.138. The lowest BCUT2D eigenvalue weighted by atomic mass is 9.99. The zero-order valence-electron chi connectivity index (χ0n) is 7.70. The van der Waals surface area contributed by atoms with Gasteiger partial charge in [0.1, 0.15) is 0 Å². The van der Waals surface area contributed by atoms with Crippen LogP contribution in [-0.4, -0.2) is 4.98 Å². The third-order valence-electron chi connectivity index (χ3n) is 1.84. The number of hydrogen-bond acceptors (Lipinski definition) is 2. The van der Waals surface area contributed by atoms with Crippen LogP contribution in [0.1, 0.15) is 31.9 Å². The monoisotopic (exact) mass is 164 g/mol. The maximum absolute atomic E-state index is 5.96. The van der Waals surface area contributed by atoms with Crippen molar-refractivity contribution < 1.29 is 0 Å². The lowest BCUT2D eigenvalue weighted by Crippen LogP contribution is -2.12. The number of rotatable bonds is 3. The van der Waals surface area contributed by atoms with Crippen LogP contribution in [0, 0.1) is 5.92 Å². The third kappa shape index (κ3) is 2.62. The van der Waals surface area contributed by atoms with Crippen LogP contribution in [0.25, 0.3) is 0 Å². The van der Waals surface area contributed by atoms with Crippen LogP contribution in [0.4, 0.5) is 0 Å². The van der Waals surface area contributed by atoms with Crippen molar-refractivity contribution in [2.45, 2.75) is 26.3 Å². The van der Waals surface area contributed by atoms with E-state index >= 15 is 0 Å². The Labute approximate surface area is 73.8 Å². The molecule has 1 atom stereocenters. The molecule has 66 valence electrons. The van der Waals surface area contributed by atoms with E-state index in [1.165, 1.54) is 0 Å². The summed E-state index contributed by atoms with van der Waals surface area (Å²) in [4.78, 5) is 4.03. The van der Waals surface area contributed by atoms with E-state index in [1.54, 1.807) is 6.20 Å². The van der Waals surface area contributed by atoms with Gasteiger partial charge in [-0.05, 0) is 24.0 Å². The second kappa shape index (κ2) is 4.21. The zero-order valence-corrected chi connectivity index (χ0v) is 7.70. The highest BCUT2D eigenvalue weighted by atomic mass is 14.7. The fourth-order valence-electron chi connectivity index (χ4n) is 1.24. The fraction of sp³-hybridized carbons (Fsp3) is 0.500. The van der Waals surface area contributed by atoms with Crippen molar-refractivity contribution in [3.05, 3.63) is 30.1 Å². The molecule has 0 unspecified atom stereocenters. The summed E-state index contributed by atoms with van der Waals surface area (Å²) in [7, 11) is 0. The summed E-state index contributed by atoms with van der Waals surface area (Å²) in [6, 6.07) is 4.09. The molecule has 1 heterocycles. The van der Waals surface area contributed by atoms with E-state index in [9.17, 15) is 0 Å². The third-order valence-corrected chi connectivity index (χ3v) is 1.84. The first-order valence-corrected chi connectivity index (χ1v) is 4.35. The molecule has 0 saturated carbocycles. The summed E-state index contributed by atoms with van der Waals surface area (Å²) in [5.41, 5.74) is 7.09. The fourth-order valence-corrected chi connectivity index (χ4v) is 1.24. The van der Waals surface area contributed by atoms with Crippen molar-refractivity contribution >= 4 is 0 Å². The van der Waals surface area contributed by atoms with Gasteiger partial charge in [-0.2, -0.15) is 0 Å². The Bertz CT molecular complexity index is 219. The zero-order chi connectivity index (χ0) is 8.97. The quantitative estimate of drug-likeness (QED) is 0.743. The molecule has 0 aliphatic carbocycles. The Hall–Kier alpha value is -0.890. The molecule has 0 saturated heterocycles. The minimum absolute atomic E-state index is 0.138. The molecule has 0 radical (unpaired) electrons. The molecule has 2 N–H and O–H groups in total. The summed E-state index contributed by atoms with van der Waals surface area (Å²) >= 11 is 0. The van der Waals surface area contributed by atoms with E-state index in [4.69, 9.17) is 5.73 Å². The van der Waals surface area contributed by atoms with Crippen molar-refractivity contribution in [2.75, 3.05) is 0 Å². The predicted molar refractivity (Wildman–Crippen MR) is 50.6 cm³/mol. The lowest BCUT2D eigenvalue weighted by molar-refractivity contribution is 0.509. The Morgan fingerprint density at radius 1 is 1.50 bits per heavy atom. The minimum Gasteiger partial charge on any atom is -0.324 e. The molecule has 0 aromatic carbocycles. The van der Waals surface area contributed by atoms with E-state index < -0.39 is 0 Å². The summed E-state index contributed by atoms with van der Waals surface area (Å²) in [5.74, 6) is 0.639. The van der Waals surface area contributed by atoms with E-state index in [0.717, 1.165) is 12.0 Å². The van der Waals surface area contributed by atoms with Crippen molar-refractivity contribution in [3.63, 3.8) is 0 Å². The maximum Gasteiger partial charge on any atom is 0.0315 e. The lowest BCUT2D eigenvalue weighted by Gasteiger charge is -2.13. The topological polar surface area (TPSA) is 38.9 Å². The summed E-state index contributed by atoms with van der Waals surface area (Å²) in [5, 5.41) is 0. The van der Waals surface area contributed by atoms with Crippen molar-refractivity contribution in [1.29, 1.82) is 0 Å². The normalized spacial score (nSPS) is 13.3. The van der Waals surface area contributed by atoms with E-state index in [2.05, 4.69) is 18.8 Å². The van der Waals surface area contributed by atoms with Gasteiger partial charge in [-0.3, -0.25) is 4.98 Å². The largest absolute Gasteiger partial charge is 0.324 e. The molecule has 2 heteroatoms. The van der Waals surface area contributed by atoms with Gasteiger partial charge in [-0.15, -0.1) is 0 Å². The Kier molecular flexibility index (Phi) is 3.23. The molecule has 12 heavy (non-hydrogen) atoms. The van der Waals surface area contributed by atoms with E-state index in [-0.39, 0.29) is 6.04 Å². The average Bonchev–Trinajstić information content (AvgIpc) is 2.05. The first-order valence-electron chi connectivity index (χ1n) is 4.35. The number of nitrogens with two attached hydrogens (primary N) is 1. The van der Waals surface area contributed by atoms with Gasteiger partial charge in [-0.25, -0.2) is 0 Å². The summed E-state index contributed by atoms with van der Waals surface area (Å²) in [6.07, 6.45) is 4.63. The summed E-state index contributed by atoms with van der Waals surface area (Å²) < 4.78 is 0. The smallest absolute Gasteiger partial charge is 0.0315 e. The highest BCUT2D eigenvalue weighted by Gasteiger charge is 2.06. The van der Waals surface area contributed by atoms with Gasteiger partial charge in [0.05, 0.1) is 0 Å². The number of pyridine rings is 1. The molecule has 0 aliphatic rings. The summed E-state index contributed by atoms with van der Waals surface area (Å²) in [6.45, 7) is 4.35. The maximum atomic E-state index is 5.96. The molecular formula is C10H16N2. The van der Waals surface area contributed by atoms with Crippen LogP contribution in [0.5, 0.6) is 0 Å². The molecule has 2 nitrogen and oxygen atoms in total. The standard InChI is InChI=1S/C10H16N2/c1-8(2)6-10(11)9-4-3-5-12-7-9/h3-5,7-8,10H,6,11H2,1-2H3/t10-/m1/s1. The average molecular weight is 164 g/mol. The highest BCUT2D eigenvalue weighted by molar-refractivity contribution is 5.12.